The van der Waals surface area contributed by atoms with Crippen molar-refractivity contribution in [3.63, 3.8) is 0 Å². The molecular formula is C20H23NO7S. The number of methoxy groups -OCH3 is 2. The predicted molar refractivity (Wildman–Crippen MR) is 108 cm³/mol. The topological polar surface area (TPSA) is 100 Å². The second-order valence-electron chi connectivity index (χ2n) is 5.72. The van der Waals surface area contributed by atoms with Gasteiger partial charge in [0.1, 0.15) is 22.1 Å². The van der Waals surface area contributed by atoms with Crippen molar-refractivity contribution in [2.45, 2.75) is 20.3 Å². The number of esters is 2. The van der Waals surface area contributed by atoms with E-state index < -0.39 is 24.5 Å². The number of aryl methyl sites for hydroxylation is 1. The lowest BCUT2D eigenvalue weighted by Gasteiger charge is -2.10. The van der Waals surface area contributed by atoms with Gasteiger partial charge < -0.3 is 24.3 Å². The number of rotatable bonds is 9. The maximum Gasteiger partial charge on any atom is 0.342 e. The van der Waals surface area contributed by atoms with Crippen molar-refractivity contribution in [1.82, 2.24) is 0 Å². The van der Waals surface area contributed by atoms with E-state index in [0.717, 1.165) is 4.88 Å². The van der Waals surface area contributed by atoms with E-state index in [-0.39, 0.29) is 17.7 Å². The molecule has 0 aliphatic rings. The smallest absolute Gasteiger partial charge is 0.342 e. The normalized spacial score (nSPS) is 10.2. The Morgan fingerprint density at radius 2 is 1.69 bits per heavy atom. The van der Waals surface area contributed by atoms with Gasteiger partial charge in [-0.1, -0.05) is 6.92 Å². The van der Waals surface area contributed by atoms with Crippen LogP contribution >= 0.6 is 11.3 Å². The van der Waals surface area contributed by atoms with Crippen LogP contribution in [0.4, 0.5) is 5.00 Å². The third kappa shape index (κ3) is 5.71. The lowest BCUT2D eigenvalue weighted by Crippen LogP contribution is -2.21. The summed E-state index contributed by atoms with van der Waals surface area (Å²) in [4.78, 5) is 37.6. The fraction of sp³-hybridized carbons (Fsp3) is 0.350. The quantitative estimate of drug-likeness (QED) is 0.620. The van der Waals surface area contributed by atoms with Gasteiger partial charge in [-0.3, -0.25) is 4.79 Å². The van der Waals surface area contributed by atoms with Crippen LogP contribution in [-0.4, -0.2) is 45.3 Å². The highest BCUT2D eigenvalue weighted by Gasteiger charge is 2.20. The van der Waals surface area contributed by atoms with Crippen LogP contribution < -0.4 is 14.8 Å². The van der Waals surface area contributed by atoms with Crippen molar-refractivity contribution >= 4 is 34.2 Å². The van der Waals surface area contributed by atoms with Crippen molar-refractivity contribution < 1.29 is 33.3 Å². The van der Waals surface area contributed by atoms with E-state index in [2.05, 4.69) is 5.32 Å². The number of anilines is 1. The molecule has 156 valence electrons. The van der Waals surface area contributed by atoms with Crippen molar-refractivity contribution in [3.8, 4) is 11.5 Å². The summed E-state index contributed by atoms with van der Waals surface area (Å²) >= 11 is 1.27. The average Bonchev–Trinajstić information content (AvgIpc) is 3.14. The Kier molecular flexibility index (Phi) is 8.02. The minimum absolute atomic E-state index is 0.135. The van der Waals surface area contributed by atoms with Crippen LogP contribution in [0.15, 0.2) is 24.3 Å². The molecule has 1 aromatic carbocycles. The number of carbonyl (C=O) groups excluding carboxylic acids is 3. The van der Waals surface area contributed by atoms with Gasteiger partial charge in [0, 0.05) is 4.88 Å². The molecule has 1 N–H and O–H groups in total. The van der Waals surface area contributed by atoms with E-state index in [1.54, 1.807) is 25.1 Å². The van der Waals surface area contributed by atoms with Crippen LogP contribution in [0.3, 0.4) is 0 Å². The highest BCUT2D eigenvalue weighted by Crippen LogP contribution is 2.29. The molecule has 8 nitrogen and oxygen atoms in total. The molecular weight excluding hydrogens is 398 g/mol. The van der Waals surface area contributed by atoms with Crippen molar-refractivity contribution in [2.24, 2.45) is 0 Å². The first-order chi connectivity index (χ1) is 13.9. The van der Waals surface area contributed by atoms with E-state index >= 15 is 0 Å². The molecule has 1 aromatic heterocycles. The van der Waals surface area contributed by atoms with Gasteiger partial charge in [0.2, 0.25) is 0 Å². The zero-order valence-corrected chi connectivity index (χ0v) is 17.5. The zero-order valence-electron chi connectivity index (χ0n) is 16.7. The van der Waals surface area contributed by atoms with Crippen molar-refractivity contribution in [1.29, 1.82) is 0 Å². The molecule has 0 radical (unpaired) electrons. The zero-order chi connectivity index (χ0) is 21.4. The van der Waals surface area contributed by atoms with Crippen LogP contribution in [0.1, 0.15) is 39.4 Å². The van der Waals surface area contributed by atoms with Gasteiger partial charge in [0.15, 0.2) is 6.61 Å². The van der Waals surface area contributed by atoms with Crippen molar-refractivity contribution in [2.75, 3.05) is 32.8 Å². The van der Waals surface area contributed by atoms with Crippen LogP contribution in [0, 0.1) is 0 Å². The lowest BCUT2D eigenvalue weighted by molar-refractivity contribution is -0.119. The number of ether oxygens (including phenoxy) is 4. The molecule has 0 aliphatic carbocycles. The molecule has 2 aromatic rings. The van der Waals surface area contributed by atoms with Gasteiger partial charge in [0.05, 0.1) is 26.4 Å². The summed E-state index contributed by atoms with van der Waals surface area (Å²) in [6.07, 6.45) is 0.706. The van der Waals surface area contributed by atoms with E-state index in [1.165, 1.54) is 31.6 Å². The molecule has 0 fully saturated rings. The number of benzene rings is 1. The molecule has 1 amide bonds. The number of thiophene rings is 1. The fourth-order valence-corrected chi connectivity index (χ4v) is 3.42. The maximum absolute atomic E-state index is 12.4. The van der Waals surface area contributed by atoms with E-state index in [4.69, 9.17) is 18.9 Å². The van der Waals surface area contributed by atoms with E-state index in [1.807, 2.05) is 6.92 Å². The Morgan fingerprint density at radius 3 is 2.31 bits per heavy atom. The summed E-state index contributed by atoms with van der Waals surface area (Å²) in [7, 11) is 2.89. The first-order valence-corrected chi connectivity index (χ1v) is 9.73. The van der Waals surface area contributed by atoms with Crippen LogP contribution in [-0.2, 0) is 20.7 Å². The highest BCUT2D eigenvalue weighted by atomic mass is 32.1. The summed E-state index contributed by atoms with van der Waals surface area (Å²) < 4.78 is 20.3. The fourth-order valence-electron chi connectivity index (χ4n) is 2.41. The molecule has 2 rings (SSSR count). The van der Waals surface area contributed by atoms with Gasteiger partial charge >= 0.3 is 11.9 Å². The lowest BCUT2D eigenvalue weighted by atomic mass is 10.2. The third-order valence-electron chi connectivity index (χ3n) is 3.84. The monoisotopic (exact) mass is 421 g/mol. The molecule has 0 atom stereocenters. The standard InChI is InChI=1S/C20H23NO7S/c1-5-13-10-15(20(24)27-6-2)18(29-13)21-17(22)11-28-19(23)14-9-12(25-3)7-8-16(14)26-4/h7-10H,5-6,11H2,1-4H3,(H,21,22). The van der Waals surface area contributed by atoms with Gasteiger partial charge in [0.25, 0.3) is 5.91 Å². The molecule has 9 heteroatoms. The second-order valence-corrected chi connectivity index (χ2v) is 6.86. The third-order valence-corrected chi connectivity index (χ3v) is 5.04. The highest BCUT2D eigenvalue weighted by molar-refractivity contribution is 7.16. The van der Waals surface area contributed by atoms with Crippen LogP contribution in [0.25, 0.3) is 0 Å². The Bertz CT molecular complexity index is 891. The number of hydrogen-bond donors (Lipinski definition) is 1. The first-order valence-electron chi connectivity index (χ1n) is 8.92. The Balaban J connectivity index is 2.06. The molecule has 1 heterocycles. The summed E-state index contributed by atoms with van der Waals surface area (Å²) in [6, 6.07) is 6.36. The minimum atomic E-state index is -0.734. The van der Waals surface area contributed by atoms with Crippen LogP contribution in [0.2, 0.25) is 0 Å². The van der Waals surface area contributed by atoms with E-state index in [9.17, 15) is 14.4 Å². The number of hydrogen-bond acceptors (Lipinski definition) is 8. The summed E-state index contributed by atoms with van der Waals surface area (Å²) in [5.74, 6) is -1.08. The minimum Gasteiger partial charge on any atom is -0.497 e. The number of carbonyl (C=O) groups is 3. The van der Waals surface area contributed by atoms with Gasteiger partial charge in [-0.15, -0.1) is 11.3 Å². The van der Waals surface area contributed by atoms with E-state index in [0.29, 0.717) is 22.9 Å². The van der Waals surface area contributed by atoms with Gasteiger partial charge in [-0.25, -0.2) is 9.59 Å². The summed E-state index contributed by atoms with van der Waals surface area (Å²) in [6.45, 7) is 3.34. The van der Waals surface area contributed by atoms with Crippen molar-refractivity contribution in [3.05, 3.63) is 40.3 Å². The summed E-state index contributed by atoms with van der Waals surface area (Å²) in [5, 5.41) is 2.97. The maximum atomic E-state index is 12.4. The van der Waals surface area contributed by atoms with Gasteiger partial charge in [-0.05, 0) is 37.6 Å². The average molecular weight is 421 g/mol. The SMILES string of the molecule is CCOC(=O)c1cc(CC)sc1NC(=O)COC(=O)c1cc(OC)ccc1OC. The molecule has 29 heavy (non-hydrogen) atoms. The molecule has 0 spiro atoms. The Morgan fingerprint density at radius 1 is 0.966 bits per heavy atom. The number of amides is 1. The Labute approximate surface area is 172 Å². The Hall–Kier alpha value is -3.07. The molecule has 0 saturated heterocycles. The number of nitrogens with one attached hydrogen (secondary N) is 1. The molecule has 0 unspecified atom stereocenters. The first kappa shape index (κ1) is 22.2. The molecule has 0 aliphatic heterocycles. The second kappa shape index (κ2) is 10.5. The van der Waals surface area contributed by atoms with Crippen LogP contribution in [0.5, 0.6) is 11.5 Å². The molecule has 0 saturated carbocycles. The van der Waals surface area contributed by atoms with Gasteiger partial charge in [-0.2, -0.15) is 0 Å². The largest absolute Gasteiger partial charge is 0.497 e. The predicted octanol–water partition coefficient (Wildman–Crippen LogP) is 3.30. The summed E-state index contributed by atoms with van der Waals surface area (Å²) in [5.41, 5.74) is 0.416. The molecule has 0 bridgehead atoms.